The Morgan fingerprint density at radius 3 is 2.39 bits per heavy atom. The summed E-state index contributed by atoms with van der Waals surface area (Å²) in [4.78, 5) is 24.1. The molecular weight excluding hydrogens is 388 g/mol. The Morgan fingerprint density at radius 2 is 1.71 bits per heavy atom. The van der Waals surface area contributed by atoms with Crippen molar-refractivity contribution in [3.05, 3.63) is 42.7 Å². The van der Waals surface area contributed by atoms with E-state index >= 15 is 0 Å². The fourth-order valence-electron chi connectivity index (χ4n) is 3.91. The third-order valence-electron chi connectivity index (χ3n) is 5.85. The van der Waals surface area contributed by atoms with Crippen molar-refractivity contribution in [3.8, 4) is 28.5 Å². The summed E-state index contributed by atoms with van der Waals surface area (Å²) < 4.78 is 7.66. The molecule has 1 aromatic carbocycles. The minimum Gasteiger partial charge on any atom is -0.426 e. The topological polar surface area (TPSA) is 60.3 Å². The zero-order valence-corrected chi connectivity index (χ0v) is 19.0. The van der Waals surface area contributed by atoms with Crippen LogP contribution in [0.2, 0.25) is 0 Å². The van der Waals surface area contributed by atoms with Gasteiger partial charge in [-0.2, -0.15) is 0 Å². The third kappa shape index (κ3) is 5.13. The van der Waals surface area contributed by atoms with E-state index in [0.29, 0.717) is 17.6 Å². The number of hydrogen-bond acceptors (Lipinski definition) is 5. The van der Waals surface area contributed by atoms with Gasteiger partial charge in [0.1, 0.15) is 11.4 Å². The molecule has 1 saturated heterocycles. The van der Waals surface area contributed by atoms with Gasteiger partial charge in [0, 0.05) is 30.5 Å². The molecule has 3 heterocycles. The van der Waals surface area contributed by atoms with Gasteiger partial charge in [-0.25, -0.2) is 9.97 Å². The fraction of sp³-hybridized carbons (Fsp3) is 0.480. The molecule has 6 nitrogen and oxygen atoms in total. The summed E-state index contributed by atoms with van der Waals surface area (Å²) >= 11 is 0. The lowest BCUT2D eigenvalue weighted by Gasteiger charge is -2.32. The second kappa shape index (κ2) is 8.79. The van der Waals surface area contributed by atoms with Crippen LogP contribution in [0.3, 0.4) is 0 Å². The molecule has 0 amide bonds. The van der Waals surface area contributed by atoms with E-state index < -0.39 is 5.41 Å². The molecule has 3 aliphatic heterocycles. The molecule has 31 heavy (non-hydrogen) atoms. The van der Waals surface area contributed by atoms with Gasteiger partial charge in [0.25, 0.3) is 0 Å². The van der Waals surface area contributed by atoms with E-state index in [-0.39, 0.29) is 5.97 Å². The average Bonchev–Trinajstić information content (AvgIpc) is 3.17. The lowest BCUT2D eigenvalue weighted by Crippen LogP contribution is -2.39. The molecule has 1 aromatic rings. The van der Waals surface area contributed by atoms with E-state index in [1.165, 1.54) is 32.4 Å². The molecule has 0 bridgehead atoms. The maximum Gasteiger partial charge on any atom is 0.316 e. The molecule has 0 aromatic heterocycles. The van der Waals surface area contributed by atoms with Gasteiger partial charge in [-0.05, 0) is 84.0 Å². The van der Waals surface area contributed by atoms with Crippen molar-refractivity contribution < 1.29 is 9.53 Å². The fourth-order valence-corrected chi connectivity index (χ4v) is 3.91. The molecule has 1 fully saturated rings. The average molecular weight is 421 g/mol. The minimum atomic E-state index is -0.536. The van der Waals surface area contributed by atoms with Crippen molar-refractivity contribution >= 4 is 5.97 Å². The first kappa shape index (κ1) is 21.5. The molecule has 0 spiro atoms. The number of ether oxygens (including phenoxy) is 1. The Labute approximate surface area is 184 Å². The summed E-state index contributed by atoms with van der Waals surface area (Å²) in [5.41, 5.74) is 2.15. The highest BCUT2D eigenvalue weighted by Crippen LogP contribution is 2.27. The van der Waals surface area contributed by atoms with Gasteiger partial charge in [0.15, 0.2) is 5.82 Å². The first-order chi connectivity index (χ1) is 14.8. The van der Waals surface area contributed by atoms with Crippen LogP contribution in [0, 0.1) is 5.41 Å². The van der Waals surface area contributed by atoms with Crippen LogP contribution in [-0.2, 0) is 11.3 Å². The van der Waals surface area contributed by atoms with Crippen molar-refractivity contribution in [1.29, 1.82) is 0 Å². The van der Waals surface area contributed by atoms with Crippen LogP contribution in [0.25, 0.3) is 22.8 Å². The number of carbonyl (C=O) groups excluding carboxylic acids is 1. The molecule has 1 atom stereocenters. The largest absolute Gasteiger partial charge is 0.426 e. The van der Waals surface area contributed by atoms with Crippen LogP contribution in [0.4, 0.5) is 0 Å². The van der Waals surface area contributed by atoms with Crippen LogP contribution in [-0.4, -0.2) is 44.5 Å². The SMILES string of the molecule is CC(Cn1ccc2nc(-c3ccc(OC(=O)C(C)(C)C)cc3)nc-2c1)N1CCCCC1. The van der Waals surface area contributed by atoms with Crippen molar-refractivity contribution in [2.45, 2.75) is 59.5 Å². The zero-order chi connectivity index (χ0) is 22.0. The number of carbonyl (C=O) groups is 1. The third-order valence-corrected chi connectivity index (χ3v) is 5.85. The Bertz CT molecular complexity index is 997. The van der Waals surface area contributed by atoms with Gasteiger partial charge in [0.2, 0.25) is 0 Å². The van der Waals surface area contributed by atoms with Gasteiger partial charge in [-0.15, -0.1) is 0 Å². The van der Waals surface area contributed by atoms with Crippen molar-refractivity contribution in [3.63, 3.8) is 0 Å². The number of esters is 1. The predicted molar refractivity (Wildman–Crippen MR) is 122 cm³/mol. The number of rotatable bonds is 5. The van der Waals surface area contributed by atoms with Crippen molar-refractivity contribution in [2.75, 3.05) is 13.1 Å². The number of piperidine rings is 1. The predicted octanol–water partition coefficient (Wildman–Crippen LogP) is 4.88. The monoisotopic (exact) mass is 420 g/mol. The number of aromatic nitrogens is 3. The highest BCUT2D eigenvalue weighted by Gasteiger charge is 2.24. The number of hydrogen-bond donors (Lipinski definition) is 0. The van der Waals surface area contributed by atoms with Crippen LogP contribution >= 0.6 is 0 Å². The number of pyridine rings is 1. The highest BCUT2D eigenvalue weighted by molar-refractivity contribution is 5.78. The van der Waals surface area contributed by atoms with Gasteiger partial charge >= 0.3 is 5.97 Å². The molecule has 0 aliphatic carbocycles. The first-order valence-corrected chi connectivity index (χ1v) is 11.2. The van der Waals surface area contributed by atoms with Crippen molar-refractivity contribution in [1.82, 2.24) is 19.4 Å². The van der Waals surface area contributed by atoms with E-state index in [1.54, 1.807) is 12.1 Å². The number of fused-ring (bicyclic) bond motifs is 1. The van der Waals surface area contributed by atoms with Gasteiger partial charge in [-0.1, -0.05) is 6.42 Å². The summed E-state index contributed by atoms with van der Waals surface area (Å²) in [6.07, 6.45) is 8.15. The highest BCUT2D eigenvalue weighted by atomic mass is 16.5. The summed E-state index contributed by atoms with van der Waals surface area (Å²) in [6, 6.07) is 9.92. The minimum absolute atomic E-state index is 0.251. The Morgan fingerprint density at radius 1 is 1.03 bits per heavy atom. The number of benzene rings is 1. The molecule has 3 aliphatic rings. The first-order valence-electron chi connectivity index (χ1n) is 11.2. The maximum absolute atomic E-state index is 12.1. The van der Waals surface area contributed by atoms with E-state index in [4.69, 9.17) is 9.72 Å². The number of likely N-dealkylation sites (tertiary alicyclic amines) is 1. The zero-order valence-electron chi connectivity index (χ0n) is 19.0. The summed E-state index contributed by atoms with van der Waals surface area (Å²) in [7, 11) is 0. The Balaban J connectivity index is 1.47. The molecule has 0 radical (unpaired) electrons. The van der Waals surface area contributed by atoms with Crippen molar-refractivity contribution in [2.24, 2.45) is 5.41 Å². The lowest BCUT2D eigenvalue weighted by atomic mass is 9.97. The van der Waals surface area contributed by atoms with Gasteiger partial charge in [0.05, 0.1) is 11.1 Å². The molecule has 1 unspecified atom stereocenters. The Kier molecular flexibility index (Phi) is 6.10. The molecule has 0 saturated carbocycles. The van der Waals surface area contributed by atoms with E-state index in [2.05, 4.69) is 33.8 Å². The number of imidazole rings is 1. The second-order valence-electron chi connectivity index (χ2n) is 9.57. The standard InChI is InChI=1S/C25H32N4O2/c1-18(29-13-6-5-7-14-29)16-28-15-12-21-22(17-28)27-23(26-21)19-8-10-20(11-9-19)31-24(30)25(2,3)4/h8-12,15,17-18H,5-7,13-14,16H2,1-4H3. The summed E-state index contributed by atoms with van der Waals surface area (Å²) in [5.74, 6) is 0.966. The normalized spacial score (nSPS) is 16.4. The molecule has 164 valence electrons. The summed E-state index contributed by atoms with van der Waals surface area (Å²) in [6.45, 7) is 11.2. The lowest BCUT2D eigenvalue weighted by molar-refractivity contribution is -0.142. The molecule has 4 rings (SSSR count). The quantitative estimate of drug-likeness (QED) is 0.435. The maximum atomic E-state index is 12.1. The number of nitrogens with zero attached hydrogens (tertiary/aromatic N) is 4. The van der Waals surface area contributed by atoms with Gasteiger partial charge in [-0.3, -0.25) is 9.69 Å². The smallest absolute Gasteiger partial charge is 0.316 e. The van der Waals surface area contributed by atoms with E-state index in [1.807, 2.05) is 39.0 Å². The second-order valence-corrected chi connectivity index (χ2v) is 9.57. The molecule has 6 heteroatoms. The van der Waals surface area contributed by atoms with Crippen LogP contribution in [0.1, 0.15) is 47.0 Å². The Hall–Kier alpha value is -2.73. The van der Waals surface area contributed by atoms with E-state index in [0.717, 1.165) is 23.5 Å². The van der Waals surface area contributed by atoms with Crippen LogP contribution in [0.15, 0.2) is 42.7 Å². The molecule has 0 N–H and O–H groups in total. The van der Waals surface area contributed by atoms with E-state index in [9.17, 15) is 4.79 Å². The van der Waals surface area contributed by atoms with Crippen LogP contribution in [0.5, 0.6) is 5.75 Å². The van der Waals surface area contributed by atoms with Crippen LogP contribution < -0.4 is 4.74 Å². The van der Waals surface area contributed by atoms with Gasteiger partial charge < -0.3 is 9.30 Å². The summed E-state index contributed by atoms with van der Waals surface area (Å²) in [5, 5.41) is 0. The molecular formula is C25H32N4O2.